The largest absolute Gasteiger partial charge is 0.467 e. The molecule has 0 radical (unpaired) electrons. The lowest BCUT2D eigenvalue weighted by Gasteiger charge is -2.20. The van der Waals surface area contributed by atoms with Crippen LogP contribution in [0.2, 0.25) is 0 Å². The Morgan fingerprint density at radius 3 is 2.45 bits per heavy atom. The Hall–Kier alpha value is -2.74. The lowest BCUT2D eigenvalue weighted by Crippen LogP contribution is -2.19. The Bertz CT molecular complexity index is 1040. The highest BCUT2D eigenvalue weighted by Crippen LogP contribution is 2.31. The quantitative estimate of drug-likeness (QED) is 0.525. The van der Waals surface area contributed by atoms with Crippen molar-refractivity contribution < 1.29 is 13.2 Å². The van der Waals surface area contributed by atoms with Gasteiger partial charge in [0.05, 0.1) is 16.8 Å². The Morgan fingerprint density at radius 1 is 1.03 bits per heavy atom. The van der Waals surface area contributed by atoms with Crippen LogP contribution >= 0.6 is 0 Å². The summed E-state index contributed by atoms with van der Waals surface area (Å²) in [6.45, 7) is 3.92. The number of benzene rings is 1. The minimum Gasteiger partial charge on any atom is -0.467 e. The van der Waals surface area contributed by atoms with Gasteiger partial charge >= 0.3 is 0 Å². The molecule has 3 rings (SSSR count). The molecule has 2 aromatic heterocycles. The standard InChI is InChI=1S/C21H26N4O3S/c1-3-5-12-19(16-9-8-13-22-15-16)28-21-20(25-29(26,27)14-4-2)23-17-10-6-7-11-18(17)24-21/h6-11,13,15,19H,3-5,12,14H2,1-2H3,(H,23,25). The number of hydrogen-bond acceptors (Lipinski definition) is 6. The fourth-order valence-electron chi connectivity index (χ4n) is 2.98. The van der Waals surface area contributed by atoms with Gasteiger partial charge in [-0.2, -0.15) is 0 Å². The molecule has 0 bridgehead atoms. The van der Waals surface area contributed by atoms with Crippen molar-refractivity contribution in [3.63, 3.8) is 0 Å². The van der Waals surface area contributed by atoms with E-state index in [1.54, 1.807) is 18.5 Å². The van der Waals surface area contributed by atoms with E-state index < -0.39 is 10.0 Å². The van der Waals surface area contributed by atoms with Crippen molar-refractivity contribution in [3.05, 3.63) is 54.4 Å². The van der Waals surface area contributed by atoms with Crippen LogP contribution in [0.15, 0.2) is 48.8 Å². The SMILES string of the molecule is CCCCC(Oc1nc2ccccc2nc1NS(=O)(=O)CCC)c1cccnc1. The minimum atomic E-state index is -3.54. The molecule has 0 saturated heterocycles. The third-order valence-corrected chi connectivity index (χ3v) is 5.84. The van der Waals surface area contributed by atoms with Crippen LogP contribution in [-0.2, 0) is 10.0 Å². The maximum atomic E-state index is 12.4. The molecule has 1 unspecified atom stereocenters. The van der Waals surface area contributed by atoms with E-state index in [9.17, 15) is 8.42 Å². The molecule has 3 aromatic rings. The number of unbranched alkanes of at least 4 members (excludes halogenated alkanes) is 1. The van der Waals surface area contributed by atoms with Crippen molar-refractivity contribution >= 4 is 26.9 Å². The number of rotatable bonds is 10. The number of sulfonamides is 1. The first-order valence-corrected chi connectivity index (χ1v) is 11.5. The zero-order valence-electron chi connectivity index (χ0n) is 16.7. The molecule has 0 fully saturated rings. The van der Waals surface area contributed by atoms with Crippen molar-refractivity contribution in [1.29, 1.82) is 0 Å². The molecule has 0 saturated carbocycles. The zero-order valence-corrected chi connectivity index (χ0v) is 17.5. The molecule has 1 atom stereocenters. The van der Waals surface area contributed by atoms with E-state index in [1.165, 1.54) is 0 Å². The van der Waals surface area contributed by atoms with E-state index >= 15 is 0 Å². The summed E-state index contributed by atoms with van der Waals surface area (Å²) >= 11 is 0. The van der Waals surface area contributed by atoms with Crippen molar-refractivity contribution in [2.24, 2.45) is 0 Å². The first-order chi connectivity index (χ1) is 14.0. The summed E-state index contributed by atoms with van der Waals surface area (Å²) in [4.78, 5) is 13.2. The number of fused-ring (bicyclic) bond motifs is 1. The van der Waals surface area contributed by atoms with Crippen LogP contribution in [0.3, 0.4) is 0 Å². The highest BCUT2D eigenvalue weighted by Gasteiger charge is 2.21. The highest BCUT2D eigenvalue weighted by molar-refractivity contribution is 7.92. The number of hydrogen-bond donors (Lipinski definition) is 1. The molecule has 0 spiro atoms. The normalized spacial score (nSPS) is 12.6. The third-order valence-electron chi connectivity index (χ3n) is 4.39. The number of nitrogens with one attached hydrogen (secondary N) is 1. The molecule has 7 nitrogen and oxygen atoms in total. The lowest BCUT2D eigenvalue weighted by atomic mass is 10.1. The van der Waals surface area contributed by atoms with E-state index in [0.717, 1.165) is 24.8 Å². The van der Waals surface area contributed by atoms with Gasteiger partial charge in [0.1, 0.15) is 6.10 Å². The van der Waals surface area contributed by atoms with E-state index in [2.05, 4.69) is 26.6 Å². The van der Waals surface area contributed by atoms with Gasteiger partial charge in [-0.3, -0.25) is 9.71 Å². The average Bonchev–Trinajstić information content (AvgIpc) is 2.71. The van der Waals surface area contributed by atoms with Gasteiger partial charge in [0.2, 0.25) is 15.8 Å². The summed E-state index contributed by atoms with van der Waals surface area (Å²) in [5, 5.41) is 0. The van der Waals surface area contributed by atoms with Gasteiger partial charge in [-0.1, -0.05) is 38.5 Å². The fourth-order valence-corrected chi connectivity index (χ4v) is 4.05. The monoisotopic (exact) mass is 414 g/mol. The second-order valence-corrected chi connectivity index (χ2v) is 8.66. The second-order valence-electron chi connectivity index (χ2n) is 6.82. The smallest absolute Gasteiger partial charge is 0.259 e. The first kappa shape index (κ1) is 21.0. The number of para-hydroxylation sites is 2. The number of pyridine rings is 1. The van der Waals surface area contributed by atoms with Crippen LogP contribution in [0.5, 0.6) is 5.88 Å². The Balaban J connectivity index is 2.01. The molecule has 0 aliphatic rings. The summed E-state index contributed by atoms with van der Waals surface area (Å²) in [6, 6.07) is 11.1. The molecule has 29 heavy (non-hydrogen) atoms. The molecule has 0 aliphatic heterocycles. The summed E-state index contributed by atoms with van der Waals surface area (Å²) in [5.74, 6) is 0.291. The van der Waals surface area contributed by atoms with Crippen molar-refractivity contribution in [2.45, 2.75) is 45.6 Å². The van der Waals surface area contributed by atoms with Crippen LogP contribution in [0, 0.1) is 0 Å². The number of nitrogens with zero attached hydrogens (tertiary/aromatic N) is 3. The van der Waals surface area contributed by atoms with Gasteiger partial charge < -0.3 is 4.74 Å². The van der Waals surface area contributed by atoms with Gasteiger partial charge in [0.25, 0.3) is 5.88 Å². The summed E-state index contributed by atoms with van der Waals surface area (Å²) in [7, 11) is -3.54. The van der Waals surface area contributed by atoms with E-state index in [4.69, 9.17) is 4.74 Å². The van der Waals surface area contributed by atoms with Crippen LogP contribution in [0.4, 0.5) is 5.82 Å². The second kappa shape index (κ2) is 9.65. The van der Waals surface area contributed by atoms with Crippen molar-refractivity contribution in [1.82, 2.24) is 15.0 Å². The topological polar surface area (TPSA) is 94.1 Å². The fraction of sp³-hybridized carbons (Fsp3) is 0.381. The first-order valence-electron chi connectivity index (χ1n) is 9.86. The molecular weight excluding hydrogens is 388 g/mol. The van der Waals surface area contributed by atoms with Gasteiger partial charge in [0, 0.05) is 18.0 Å². The lowest BCUT2D eigenvalue weighted by molar-refractivity contribution is 0.184. The molecule has 1 aromatic carbocycles. The van der Waals surface area contributed by atoms with Crippen LogP contribution in [-0.4, -0.2) is 29.1 Å². The maximum Gasteiger partial charge on any atom is 0.259 e. The summed E-state index contributed by atoms with van der Waals surface area (Å²) in [5.41, 5.74) is 2.15. The number of ether oxygens (including phenoxy) is 1. The molecule has 1 N–H and O–H groups in total. The maximum absolute atomic E-state index is 12.4. The molecule has 2 heterocycles. The van der Waals surface area contributed by atoms with Gasteiger partial charge in [0.15, 0.2) is 0 Å². The van der Waals surface area contributed by atoms with E-state index in [0.29, 0.717) is 17.5 Å². The number of anilines is 1. The van der Waals surface area contributed by atoms with E-state index in [1.807, 2.05) is 37.3 Å². The van der Waals surface area contributed by atoms with Gasteiger partial charge in [-0.15, -0.1) is 0 Å². The molecular formula is C21H26N4O3S. The molecule has 154 valence electrons. The molecule has 0 aliphatic carbocycles. The summed E-state index contributed by atoms with van der Waals surface area (Å²) in [6.07, 6.45) is 6.40. The van der Waals surface area contributed by atoms with Crippen molar-refractivity contribution in [3.8, 4) is 5.88 Å². The number of aromatic nitrogens is 3. The van der Waals surface area contributed by atoms with E-state index in [-0.39, 0.29) is 23.6 Å². The predicted octanol–water partition coefficient (Wildman–Crippen LogP) is 4.49. The Kier molecular flexibility index (Phi) is 6.98. The van der Waals surface area contributed by atoms with Crippen LogP contribution in [0.1, 0.15) is 51.2 Å². The Morgan fingerprint density at radius 2 is 1.79 bits per heavy atom. The van der Waals surface area contributed by atoms with Crippen molar-refractivity contribution in [2.75, 3.05) is 10.5 Å². The zero-order chi connectivity index (χ0) is 20.7. The Labute approximate surface area is 171 Å². The molecule has 8 heteroatoms. The minimum absolute atomic E-state index is 0.00279. The summed E-state index contributed by atoms with van der Waals surface area (Å²) < 4.78 is 33.5. The van der Waals surface area contributed by atoms with Crippen LogP contribution in [0.25, 0.3) is 11.0 Å². The predicted molar refractivity (Wildman–Crippen MR) is 114 cm³/mol. The van der Waals surface area contributed by atoms with Gasteiger partial charge in [-0.05, 0) is 37.5 Å². The van der Waals surface area contributed by atoms with Gasteiger partial charge in [-0.25, -0.2) is 18.4 Å². The third kappa shape index (κ3) is 5.63. The molecule has 0 amide bonds. The highest BCUT2D eigenvalue weighted by atomic mass is 32.2. The average molecular weight is 415 g/mol. The van der Waals surface area contributed by atoms with Crippen LogP contribution < -0.4 is 9.46 Å².